The summed E-state index contributed by atoms with van der Waals surface area (Å²) in [6, 6.07) is 16.9. The molecule has 1 N–H and O–H groups in total. The van der Waals surface area contributed by atoms with Crippen LogP contribution in [0.3, 0.4) is 0 Å². The standard InChI is InChI=1S/C17H18ClNO/c1-12(13-5-4-6-14(18)11-13)19-16-9-10-20-17-8-3-2-7-15(16)17/h2-8,11-12,16,19H,9-10H2,1H3/t12-,16?/m0/s1. The van der Waals surface area contributed by atoms with Crippen molar-refractivity contribution in [2.75, 3.05) is 6.61 Å². The highest BCUT2D eigenvalue weighted by molar-refractivity contribution is 6.30. The van der Waals surface area contributed by atoms with Crippen LogP contribution in [0, 0.1) is 0 Å². The van der Waals surface area contributed by atoms with Gasteiger partial charge in [-0.1, -0.05) is 41.9 Å². The normalized spacial score (nSPS) is 19.0. The minimum Gasteiger partial charge on any atom is -0.493 e. The molecule has 0 saturated heterocycles. The third-order valence-corrected chi connectivity index (χ3v) is 3.99. The number of ether oxygens (including phenoxy) is 1. The highest BCUT2D eigenvalue weighted by Crippen LogP contribution is 2.33. The molecule has 0 aliphatic carbocycles. The van der Waals surface area contributed by atoms with Gasteiger partial charge >= 0.3 is 0 Å². The smallest absolute Gasteiger partial charge is 0.124 e. The fourth-order valence-corrected chi connectivity index (χ4v) is 2.89. The number of rotatable bonds is 3. The summed E-state index contributed by atoms with van der Waals surface area (Å²) in [6.07, 6.45) is 0.988. The van der Waals surface area contributed by atoms with Crippen molar-refractivity contribution in [1.29, 1.82) is 0 Å². The summed E-state index contributed by atoms with van der Waals surface area (Å²) in [5, 5.41) is 4.46. The van der Waals surface area contributed by atoms with Crippen LogP contribution in [-0.2, 0) is 0 Å². The molecule has 2 aromatic carbocycles. The summed E-state index contributed by atoms with van der Waals surface area (Å²) < 4.78 is 5.70. The maximum absolute atomic E-state index is 6.06. The van der Waals surface area contributed by atoms with Gasteiger partial charge in [0.2, 0.25) is 0 Å². The lowest BCUT2D eigenvalue weighted by atomic mass is 9.98. The number of para-hydroxylation sites is 1. The molecule has 0 aromatic heterocycles. The molecule has 1 aliphatic rings. The fourth-order valence-electron chi connectivity index (χ4n) is 2.69. The predicted molar refractivity (Wildman–Crippen MR) is 82.3 cm³/mol. The first-order valence-corrected chi connectivity index (χ1v) is 7.35. The van der Waals surface area contributed by atoms with E-state index >= 15 is 0 Å². The Morgan fingerprint density at radius 2 is 2.05 bits per heavy atom. The van der Waals surface area contributed by atoms with Gasteiger partial charge < -0.3 is 10.1 Å². The lowest BCUT2D eigenvalue weighted by molar-refractivity contribution is 0.246. The van der Waals surface area contributed by atoms with E-state index in [0.29, 0.717) is 6.04 Å². The van der Waals surface area contributed by atoms with Gasteiger partial charge in [0.25, 0.3) is 0 Å². The van der Waals surface area contributed by atoms with Crippen molar-refractivity contribution in [3.8, 4) is 5.75 Å². The van der Waals surface area contributed by atoms with Gasteiger partial charge in [-0.3, -0.25) is 0 Å². The van der Waals surface area contributed by atoms with Crippen LogP contribution < -0.4 is 10.1 Å². The molecule has 0 bridgehead atoms. The second-order valence-electron chi connectivity index (χ2n) is 5.17. The Labute approximate surface area is 124 Å². The average molecular weight is 288 g/mol. The van der Waals surface area contributed by atoms with E-state index in [1.165, 1.54) is 11.1 Å². The molecule has 1 heterocycles. The van der Waals surface area contributed by atoms with Crippen LogP contribution in [0.25, 0.3) is 0 Å². The first-order chi connectivity index (χ1) is 9.74. The molecule has 0 saturated carbocycles. The molecule has 2 nitrogen and oxygen atoms in total. The van der Waals surface area contributed by atoms with Crippen molar-refractivity contribution in [1.82, 2.24) is 5.32 Å². The molecule has 0 amide bonds. The maximum atomic E-state index is 6.06. The number of hydrogen-bond acceptors (Lipinski definition) is 2. The van der Waals surface area contributed by atoms with E-state index < -0.39 is 0 Å². The fraction of sp³-hybridized carbons (Fsp3) is 0.294. The Hall–Kier alpha value is -1.51. The van der Waals surface area contributed by atoms with Crippen molar-refractivity contribution >= 4 is 11.6 Å². The molecule has 0 radical (unpaired) electrons. The van der Waals surface area contributed by atoms with E-state index in [1.807, 2.05) is 30.3 Å². The SMILES string of the molecule is C[C@H](NC1CCOc2ccccc21)c1cccc(Cl)c1. The van der Waals surface area contributed by atoms with Gasteiger partial charge in [0.15, 0.2) is 0 Å². The number of nitrogens with one attached hydrogen (secondary N) is 1. The van der Waals surface area contributed by atoms with Gasteiger partial charge in [0.05, 0.1) is 6.61 Å². The van der Waals surface area contributed by atoms with E-state index in [9.17, 15) is 0 Å². The van der Waals surface area contributed by atoms with Crippen LogP contribution in [0.1, 0.15) is 36.6 Å². The first-order valence-electron chi connectivity index (χ1n) is 6.97. The molecule has 20 heavy (non-hydrogen) atoms. The topological polar surface area (TPSA) is 21.3 Å². The zero-order valence-corrected chi connectivity index (χ0v) is 12.2. The second-order valence-corrected chi connectivity index (χ2v) is 5.61. The average Bonchev–Trinajstić information content (AvgIpc) is 2.47. The van der Waals surface area contributed by atoms with Crippen LogP contribution in [-0.4, -0.2) is 6.61 Å². The Kier molecular flexibility index (Phi) is 3.95. The van der Waals surface area contributed by atoms with Crippen LogP contribution >= 0.6 is 11.6 Å². The van der Waals surface area contributed by atoms with Crippen LogP contribution in [0.5, 0.6) is 5.75 Å². The van der Waals surface area contributed by atoms with Gasteiger partial charge in [-0.05, 0) is 30.7 Å². The van der Waals surface area contributed by atoms with Crippen molar-refractivity contribution in [2.45, 2.75) is 25.4 Å². The monoisotopic (exact) mass is 287 g/mol. The summed E-state index contributed by atoms with van der Waals surface area (Å²) in [4.78, 5) is 0. The lowest BCUT2D eigenvalue weighted by Gasteiger charge is -2.29. The summed E-state index contributed by atoms with van der Waals surface area (Å²) >= 11 is 6.06. The third-order valence-electron chi connectivity index (χ3n) is 3.76. The second kappa shape index (κ2) is 5.86. The number of halogens is 1. The molecule has 104 valence electrons. The van der Waals surface area contributed by atoms with E-state index in [0.717, 1.165) is 23.8 Å². The summed E-state index contributed by atoms with van der Waals surface area (Å²) in [7, 11) is 0. The zero-order valence-electron chi connectivity index (χ0n) is 11.5. The number of fused-ring (bicyclic) bond motifs is 1. The molecule has 3 rings (SSSR count). The first kappa shape index (κ1) is 13.5. The van der Waals surface area contributed by atoms with Crippen molar-refractivity contribution < 1.29 is 4.74 Å². The maximum Gasteiger partial charge on any atom is 0.124 e. The largest absolute Gasteiger partial charge is 0.493 e. The van der Waals surface area contributed by atoms with E-state index in [4.69, 9.17) is 16.3 Å². The van der Waals surface area contributed by atoms with E-state index in [-0.39, 0.29) is 6.04 Å². The minimum atomic E-state index is 0.254. The quantitative estimate of drug-likeness (QED) is 0.896. The van der Waals surface area contributed by atoms with Crippen LogP contribution in [0.15, 0.2) is 48.5 Å². The predicted octanol–water partition coefficient (Wildman–Crippen LogP) is 4.51. The van der Waals surface area contributed by atoms with Gasteiger partial charge in [0.1, 0.15) is 5.75 Å². The molecule has 2 atom stereocenters. The van der Waals surface area contributed by atoms with Crippen LogP contribution in [0.2, 0.25) is 5.02 Å². The molecule has 1 aliphatic heterocycles. The summed E-state index contributed by atoms with van der Waals surface area (Å²) in [5.41, 5.74) is 2.45. The molecule has 0 spiro atoms. The third kappa shape index (κ3) is 2.82. The molecular weight excluding hydrogens is 270 g/mol. The van der Waals surface area contributed by atoms with Gasteiger partial charge in [0, 0.05) is 29.1 Å². The Morgan fingerprint density at radius 3 is 2.90 bits per heavy atom. The van der Waals surface area contributed by atoms with E-state index in [1.54, 1.807) is 0 Å². The Balaban J connectivity index is 1.79. The summed E-state index contributed by atoms with van der Waals surface area (Å²) in [6.45, 7) is 2.93. The zero-order chi connectivity index (χ0) is 13.9. The van der Waals surface area contributed by atoms with Crippen molar-refractivity contribution in [2.24, 2.45) is 0 Å². The lowest BCUT2D eigenvalue weighted by Crippen LogP contribution is -2.29. The highest BCUT2D eigenvalue weighted by atomic mass is 35.5. The minimum absolute atomic E-state index is 0.254. The van der Waals surface area contributed by atoms with Gasteiger partial charge in [-0.2, -0.15) is 0 Å². The Morgan fingerprint density at radius 1 is 1.20 bits per heavy atom. The molecular formula is C17H18ClNO. The van der Waals surface area contributed by atoms with Crippen LogP contribution in [0.4, 0.5) is 0 Å². The summed E-state index contributed by atoms with van der Waals surface area (Å²) in [5.74, 6) is 0.995. The van der Waals surface area contributed by atoms with Crippen molar-refractivity contribution in [3.63, 3.8) is 0 Å². The van der Waals surface area contributed by atoms with Gasteiger partial charge in [-0.25, -0.2) is 0 Å². The molecule has 1 unspecified atom stereocenters. The van der Waals surface area contributed by atoms with E-state index in [2.05, 4.69) is 30.4 Å². The molecule has 2 aromatic rings. The number of hydrogen-bond donors (Lipinski definition) is 1. The molecule has 0 fully saturated rings. The van der Waals surface area contributed by atoms with Gasteiger partial charge in [-0.15, -0.1) is 0 Å². The van der Waals surface area contributed by atoms with Crippen molar-refractivity contribution in [3.05, 3.63) is 64.7 Å². The highest BCUT2D eigenvalue weighted by Gasteiger charge is 2.22. The Bertz CT molecular complexity index is 599. The number of benzene rings is 2. The molecule has 3 heteroatoms.